The topological polar surface area (TPSA) is 75.7 Å². The van der Waals surface area contributed by atoms with Crippen LogP contribution in [0.25, 0.3) is 0 Å². The molecule has 1 aliphatic heterocycles. The number of morpholine rings is 1. The number of nitrogens with zero attached hydrogens (tertiary/aromatic N) is 1. The summed E-state index contributed by atoms with van der Waals surface area (Å²) in [6.45, 7) is 6.47. The summed E-state index contributed by atoms with van der Waals surface area (Å²) in [6, 6.07) is 6.29. The number of carbonyl (C=O) groups is 1. The molecule has 0 aromatic heterocycles. The average Bonchev–Trinajstić information content (AvgIpc) is 2.48. The molecule has 1 aromatic rings. The molecule has 0 bridgehead atoms. The number of ether oxygens (including phenoxy) is 1. The van der Waals surface area contributed by atoms with Gasteiger partial charge in [0.05, 0.1) is 23.4 Å². The van der Waals surface area contributed by atoms with Gasteiger partial charge in [-0.2, -0.15) is 0 Å². The molecule has 1 saturated heterocycles. The van der Waals surface area contributed by atoms with E-state index in [1.165, 1.54) is 19.1 Å². The van der Waals surface area contributed by atoms with Gasteiger partial charge in [0, 0.05) is 32.2 Å². The fraction of sp³-hybridized carbons (Fsp3) is 0.533. The van der Waals surface area contributed by atoms with Gasteiger partial charge in [-0.15, -0.1) is 0 Å². The van der Waals surface area contributed by atoms with E-state index >= 15 is 0 Å². The van der Waals surface area contributed by atoms with Crippen LogP contribution in [-0.2, 0) is 19.4 Å². The molecule has 0 saturated carbocycles. The second-order valence-corrected chi connectivity index (χ2v) is 7.84. The summed E-state index contributed by atoms with van der Waals surface area (Å²) in [7, 11) is -3.38. The van der Waals surface area contributed by atoms with Crippen molar-refractivity contribution in [2.75, 3.05) is 38.2 Å². The molecule has 22 heavy (non-hydrogen) atoms. The van der Waals surface area contributed by atoms with E-state index in [-0.39, 0.29) is 10.8 Å². The van der Waals surface area contributed by atoms with Gasteiger partial charge >= 0.3 is 0 Å². The van der Waals surface area contributed by atoms with Crippen molar-refractivity contribution >= 4 is 21.4 Å². The smallest absolute Gasteiger partial charge is 0.221 e. The van der Waals surface area contributed by atoms with E-state index in [2.05, 4.69) is 10.2 Å². The van der Waals surface area contributed by atoms with Crippen LogP contribution in [0.3, 0.4) is 0 Å². The summed E-state index contributed by atoms with van der Waals surface area (Å²) in [5.74, 6) is -0.184. The third-order valence-corrected chi connectivity index (χ3v) is 5.79. The van der Waals surface area contributed by atoms with Crippen LogP contribution in [0, 0.1) is 0 Å². The number of carbonyl (C=O) groups excluding carboxylic acids is 1. The maximum Gasteiger partial charge on any atom is 0.221 e. The predicted molar refractivity (Wildman–Crippen MR) is 84.7 cm³/mol. The lowest BCUT2D eigenvalue weighted by atomic mass is 10.3. The number of hydrogen-bond acceptors (Lipinski definition) is 5. The first-order valence-electron chi connectivity index (χ1n) is 7.31. The van der Waals surface area contributed by atoms with Crippen molar-refractivity contribution in [2.24, 2.45) is 0 Å². The van der Waals surface area contributed by atoms with E-state index in [1.807, 2.05) is 0 Å². The Hall–Kier alpha value is -1.44. The molecule has 0 unspecified atom stereocenters. The number of benzene rings is 1. The van der Waals surface area contributed by atoms with Crippen LogP contribution in [0.4, 0.5) is 5.69 Å². The van der Waals surface area contributed by atoms with Gasteiger partial charge in [-0.3, -0.25) is 9.69 Å². The van der Waals surface area contributed by atoms with Crippen molar-refractivity contribution < 1.29 is 17.9 Å². The molecule has 7 heteroatoms. The Bertz CT molecular complexity index is 607. The molecule has 1 aromatic carbocycles. The summed E-state index contributed by atoms with van der Waals surface area (Å²) in [5, 5.41) is 2.13. The zero-order valence-corrected chi connectivity index (χ0v) is 13.7. The third kappa shape index (κ3) is 4.28. The second-order valence-electron chi connectivity index (χ2n) is 5.47. The summed E-state index contributed by atoms with van der Waals surface area (Å²) in [4.78, 5) is 13.4. The lowest BCUT2D eigenvalue weighted by Gasteiger charge is -2.29. The van der Waals surface area contributed by atoms with Crippen LogP contribution in [-0.4, -0.2) is 57.3 Å². The van der Waals surface area contributed by atoms with Crippen LogP contribution in [0.15, 0.2) is 29.2 Å². The number of sulfone groups is 1. The Morgan fingerprint density at radius 3 is 2.41 bits per heavy atom. The monoisotopic (exact) mass is 326 g/mol. The molecule has 6 nitrogen and oxygen atoms in total. The van der Waals surface area contributed by atoms with Crippen molar-refractivity contribution in [2.45, 2.75) is 24.0 Å². The van der Waals surface area contributed by atoms with Crippen molar-refractivity contribution in [3.8, 4) is 0 Å². The van der Waals surface area contributed by atoms with E-state index < -0.39 is 15.1 Å². The fourth-order valence-electron chi connectivity index (χ4n) is 2.41. The summed E-state index contributed by atoms with van der Waals surface area (Å²) in [6.07, 6.45) is 0. The largest absolute Gasteiger partial charge is 0.379 e. The van der Waals surface area contributed by atoms with E-state index in [0.717, 1.165) is 13.1 Å². The number of hydrogen-bond donors (Lipinski definition) is 1. The van der Waals surface area contributed by atoms with Crippen LogP contribution in [0.2, 0.25) is 0 Å². The van der Waals surface area contributed by atoms with Gasteiger partial charge in [0.1, 0.15) is 0 Å². The van der Waals surface area contributed by atoms with Gasteiger partial charge in [-0.1, -0.05) is 0 Å². The first-order valence-corrected chi connectivity index (χ1v) is 8.86. The summed E-state index contributed by atoms with van der Waals surface area (Å²) >= 11 is 0. The highest BCUT2D eigenvalue weighted by molar-refractivity contribution is 7.92. The van der Waals surface area contributed by atoms with Gasteiger partial charge in [-0.05, 0) is 31.2 Å². The minimum atomic E-state index is -3.38. The molecule has 1 aliphatic rings. The van der Waals surface area contributed by atoms with Gasteiger partial charge in [0.25, 0.3) is 0 Å². The third-order valence-electron chi connectivity index (χ3n) is 3.65. The Balaban J connectivity index is 2.06. The highest BCUT2D eigenvalue weighted by Crippen LogP contribution is 2.19. The molecular formula is C15H22N2O4S. The van der Waals surface area contributed by atoms with Gasteiger partial charge in [0.15, 0.2) is 9.84 Å². The van der Waals surface area contributed by atoms with Crippen LogP contribution >= 0.6 is 0 Å². The van der Waals surface area contributed by atoms with Crippen molar-refractivity contribution in [1.29, 1.82) is 0 Å². The Kier molecular flexibility index (Phi) is 5.55. The summed E-state index contributed by atoms with van der Waals surface area (Å²) in [5.41, 5.74) is 0.590. The molecule has 0 spiro atoms. The Morgan fingerprint density at radius 2 is 1.86 bits per heavy atom. The Labute approximate surface area is 131 Å². The number of nitrogens with one attached hydrogen (secondary N) is 1. The van der Waals surface area contributed by atoms with E-state index in [1.54, 1.807) is 19.1 Å². The van der Waals surface area contributed by atoms with Crippen LogP contribution < -0.4 is 5.32 Å². The molecule has 1 amide bonds. The van der Waals surface area contributed by atoms with Gasteiger partial charge < -0.3 is 10.1 Å². The number of amides is 1. The van der Waals surface area contributed by atoms with Gasteiger partial charge in [-0.25, -0.2) is 8.42 Å². The van der Waals surface area contributed by atoms with Crippen molar-refractivity contribution in [3.63, 3.8) is 0 Å². The van der Waals surface area contributed by atoms with Crippen molar-refractivity contribution in [3.05, 3.63) is 24.3 Å². The molecule has 1 atom stereocenters. The lowest BCUT2D eigenvalue weighted by molar-refractivity contribution is -0.114. The van der Waals surface area contributed by atoms with Crippen molar-refractivity contribution in [1.82, 2.24) is 4.90 Å². The zero-order valence-electron chi connectivity index (χ0n) is 12.9. The Morgan fingerprint density at radius 1 is 1.27 bits per heavy atom. The highest BCUT2D eigenvalue weighted by atomic mass is 32.2. The predicted octanol–water partition coefficient (Wildman–Crippen LogP) is 1.14. The minimum Gasteiger partial charge on any atom is -0.379 e. The van der Waals surface area contributed by atoms with E-state index in [0.29, 0.717) is 25.4 Å². The molecule has 0 aliphatic carbocycles. The first kappa shape index (κ1) is 16.9. The molecule has 2 rings (SSSR count). The molecule has 122 valence electrons. The maximum atomic E-state index is 12.6. The first-order chi connectivity index (χ1) is 10.4. The van der Waals surface area contributed by atoms with Crippen LogP contribution in [0.5, 0.6) is 0 Å². The molecule has 1 fully saturated rings. The number of rotatable bonds is 5. The summed E-state index contributed by atoms with van der Waals surface area (Å²) < 4.78 is 30.5. The molecule has 0 radical (unpaired) electrons. The zero-order chi connectivity index (χ0) is 16.2. The molecular weight excluding hydrogens is 304 g/mol. The fourth-order valence-corrected chi connectivity index (χ4v) is 3.80. The SMILES string of the molecule is CC(=O)Nc1ccc(S(=O)(=O)[C@@H](C)CN2CCOCC2)cc1. The second kappa shape index (κ2) is 7.21. The highest BCUT2D eigenvalue weighted by Gasteiger charge is 2.26. The average molecular weight is 326 g/mol. The lowest BCUT2D eigenvalue weighted by Crippen LogP contribution is -2.42. The maximum absolute atomic E-state index is 12.6. The standard InChI is InChI=1S/C15H22N2O4S/c1-12(11-17-7-9-21-10-8-17)22(19,20)15-5-3-14(4-6-15)16-13(2)18/h3-6,12H,7-11H2,1-2H3,(H,16,18)/t12-/m0/s1. The van der Waals surface area contributed by atoms with Gasteiger partial charge in [0.2, 0.25) is 5.91 Å². The minimum absolute atomic E-state index is 0.184. The normalized spacial score (nSPS) is 17.9. The van der Waals surface area contributed by atoms with E-state index in [4.69, 9.17) is 4.74 Å². The molecule has 1 heterocycles. The molecule has 1 N–H and O–H groups in total. The quantitative estimate of drug-likeness (QED) is 0.878. The van der Waals surface area contributed by atoms with E-state index in [9.17, 15) is 13.2 Å². The van der Waals surface area contributed by atoms with Crippen LogP contribution in [0.1, 0.15) is 13.8 Å². The number of anilines is 1.